The van der Waals surface area contributed by atoms with Gasteiger partial charge in [0.25, 0.3) is 0 Å². The summed E-state index contributed by atoms with van der Waals surface area (Å²) in [5.41, 5.74) is 1.09. The average Bonchev–Trinajstić information content (AvgIpc) is 2.39. The molecule has 0 bridgehead atoms. The van der Waals surface area contributed by atoms with Crippen molar-refractivity contribution in [2.45, 2.75) is 51.3 Å². The van der Waals surface area contributed by atoms with Gasteiger partial charge in [0.15, 0.2) is 0 Å². The number of nitrogens with one attached hydrogen (secondary N) is 1. The second-order valence-corrected chi connectivity index (χ2v) is 7.91. The highest BCUT2D eigenvalue weighted by Gasteiger charge is 2.29. The second-order valence-electron chi connectivity index (χ2n) is 6.11. The van der Waals surface area contributed by atoms with E-state index in [0.717, 1.165) is 18.4 Å². The summed E-state index contributed by atoms with van der Waals surface area (Å²) in [6.07, 6.45) is 3.74. The monoisotopic (exact) mass is 293 g/mol. The van der Waals surface area contributed by atoms with Crippen LogP contribution in [0.1, 0.15) is 46.1 Å². The summed E-state index contributed by atoms with van der Waals surface area (Å²) in [6.45, 7) is 12.2. The van der Waals surface area contributed by atoms with Crippen molar-refractivity contribution < 1.29 is 4.21 Å². The van der Waals surface area contributed by atoms with Crippen LogP contribution in [0.5, 0.6) is 0 Å². The SMILES string of the molecule is C=CC[C@@H](CC(C)C)N[S@](=O)C(C)(C)c1ccccc1. The lowest BCUT2D eigenvalue weighted by atomic mass is 10.0. The highest BCUT2D eigenvalue weighted by Crippen LogP contribution is 2.26. The van der Waals surface area contributed by atoms with E-state index in [9.17, 15) is 4.21 Å². The molecule has 0 aliphatic rings. The Morgan fingerprint density at radius 2 is 1.90 bits per heavy atom. The first kappa shape index (κ1) is 17.1. The molecule has 0 radical (unpaired) electrons. The molecule has 0 saturated heterocycles. The maximum atomic E-state index is 12.7. The summed E-state index contributed by atoms with van der Waals surface area (Å²) in [5, 5.41) is 0. The molecule has 2 nitrogen and oxygen atoms in total. The Kier molecular flexibility index (Phi) is 6.63. The Hall–Kier alpha value is -0.930. The Labute approximate surface area is 126 Å². The van der Waals surface area contributed by atoms with E-state index < -0.39 is 15.7 Å². The van der Waals surface area contributed by atoms with Crippen LogP contribution in [-0.4, -0.2) is 10.3 Å². The standard InChI is InChI=1S/C17H27NOS/c1-6-10-16(13-14(2)3)18-20(19)17(4,5)15-11-8-7-9-12-15/h6-9,11-12,14,16,18H,1,10,13H2,2-5H3/t16-,20+/m0/s1. The van der Waals surface area contributed by atoms with Gasteiger partial charge in [-0.2, -0.15) is 0 Å². The van der Waals surface area contributed by atoms with E-state index in [1.807, 2.05) is 50.3 Å². The predicted octanol–water partition coefficient (Wildman–Crippen LogP) is 4.17. The first-order chi connectivity index (χ1) is 9.37. The van der Waals surface area contributed by atoms with E-state index in [2.05, 4.69) is 25.1 Å². The third kappa shape index (κ3) is 4.88. The Morgan fingerprint density at radius 1 is 1.30 bits per heavy atom. The minimum Gasteiger partial charge on any atom is -0.242 e. The van der Waals surface area contributed by atoms with Crippen molar-refractivity contribution in [3.8, 4) is 0 Å². The molecular formula is C17H27NOS. The van der Waals surface area contributed by atoms with Crippen LogP contribution in [0.2, 0.25) is 0 Å². The molecule has 2 atom stereocenters. The zero-order chi connectivity index (χ0) is 15.2. The van der Waals surface area contributed by atoms with Crippen molar-refractivity contribution in [2.24, 2.45) is 5.92 Å². The fourth-order valence-corrected chi connectivity index (χ4v) is 3.35. The molecule has 1 aromatic carbocycles. The van der Waals surface area contributed by atoms with E-state index in [0.29, 0.717) is 5.92 Å². The molecule has 0 unspecified atom stereocenters. The molecule has 0 aliphatic carbocycles. The van der Waals surface area contributed by atoms with E-state index in [4.69, 9.17) is 0 Å². The van der Waals surface area contributed by atoms with Gasteiger partial charge in [0.2, 0.25) is 0 Å². The van der Waals surface area contributed by atoms with Gasteiger partial charge in [0.05, 0.1) is 4.75 Å². The average molecular weight is 293 g/mol. The fraction of sp³-hybridized carbons (Fsp3) is 0.529. The highest BCUT2D eigenvalue weighted by atomic mass is 32.2. The van der Waals surface area contributed by atoms with E-state index >= 15 is 0 Å². The van der Waals surface area contributed by atoms with Crippen molar-refractivity contribution in [2.75, 3.05) is 0 Å². The highest BCUT2D eigenvalue weighted by molar-refractivity contribution is 7.84. The molecule has 0 spiro atoms. The van der Waals surface area contributed by atoms with Crippen LogP contribution in [0, 0.1) is 5.92 Å². The molecule has 0 heterocycles. The van der Waals surface area contributed by atoms with Gasteiger partial charge in [-0.15, -0.1) is 6.58 Å². The van der Waals surface area contributed by atoms with E-state index in [1.165, 1.54) is 0 Å². The van der Waals surface area contributed by atoms with Crippen molar-refractivity contribution in [1.29, 1.82) is 0 Å². The van der Waals surface area contributed by atoms with Crippen LogP contribution in [0.25, 0.3) is 0 Å². The summed E-state index contributed by atoms with van der Waals surface area (Å²) in [6, 6.07) is 10.2. The van der Waals surface area contributed by atoms with Crippen LogP contribution >= 0.6 is 0 Å². The van der Waals surface area contributed by atoms with Gasteiger partial charge in [-0.1, -0.05) is 50.3 Å². The minimum atomic E-state index is -1.13. The zero-order valence-electron chi connectivity index (χ0n) is 13.1. The summed E-state index contributed by atoms with van der Waals surface area (Å²) in [5.74, 6) is 0.573. The van der Waals surface area contributed by atoms with Gasteiger partial charge in [0.1, 0.15) is 11.0 Å². The molecule has 0 amide bonds. The third-order valence-electron chi connectivity index (χ3n) is 3.41. The zero-order valence-corrected chi connectivity index (χ0v) is 13.9. The number of hydrogen-bond acceptors (Lipinski definition) is 1. The van der Waals surface area contributed by atoms with Gasteiger partial charge in [0, 0.05) is 6.04 Å². The molecule has 20 heavy (non-hydrogen) atoms. The topological polar surface area (TPSA) is 29.1 Å². The molecule has 0 aliphatic heterocycles. The number of benzene rings is 1. The van der Waals surface area contributed by atoms with Gasteiger partial charge in [-0.25, -0.2) is 8.93 Å². The van der Waals surface area contributed by atoms with Crippen LogP contribution in [0.3, 0.4) is 0 Å². The first-order valence-electron chi connectivity index (χ1n) is 7.22. The van der Waals surface area contributed by atoms with Crippen LogP contribution in [0.15, 0.2) is 43.0 Å². The molecule has 3 heteroatoms. The van der Waals surface area contributed by atoms with Crippen molar-refractivity contribution >= 4 is 11.0 Å². The smallest absolute Gasteiger partial charge is 0.102 e. The molecule has 0 fully saturated rings. The largest absolute Gasteiger partial charge is 0.242 e. The van der Waals surface area contributed by atoms with Crippen molar-refractivity contribution in [1.82, 2.24) is 4.72 Å². The lowest BCUT2D eigenvalue weighted by Crippen LogP contribution is -2.40. The van der Waals surface area contributed by atoms with Gasteiger partial charge < -0.3 is 0 Å². The third-order valence-corrected chi connectivity index (χ3v) is 5.12. The van der Waals surface area contributed by atoms with E-state index in [-0.39, 0.29) is 6.04 Å². The summed E-state index contributed by atoms with van der Waals surface area (Å²) < 4.78 is 15.6. The number of rotatable bonds is 8. The quantitative estimate of drug-likeness (QED) is 0.716. The maximum absolute atomic E-state index is 12.7. The van der Waals surface area contributed by atoms with Crippen LogP contribution in [-0.2, 0) is 15.7 Å². The molecule has 0 saturated carbocycles. The van der Waals surface area contributed by atoms with Crippen molar-refractivity contribution in [3.63, 3.8) is 0 Å². The van der Waals surface area contributed by atoms with Gasteiger partial charge in [-0.3, -0.25) is 0 Å². The molecule has 0 aromatic heterocycles. The fourth-order valence-electron chi connectivity index (χ4n) is 2.21. The Bertz CT molecular complexity index is 440. The molecule has 1 rings (SSSR count). The summed E-state index contributed by atoms with van der Waals surface area (Å²) in [7, 11) is -1.13. The van der Waals surface area contributed by atoms with Crippen LogP contribution < -0.4 is 4.72 Å². The molecule has 1 aromatic rings. The Balaban J connectivity index is 2.79. The van der Waals surface area contributed by atoms with Crippen molar-refractivity contribution in [3.05, 3.63) is 48.6 Å². The summed E-state index contributed by atoms with van der Waals surface area (Å²) >= 11 is 0. The minimum absolute atomic E-state index is 0.219. The second kappa shape index (κ2) is 7.75. The normalized spacial score (nSPS) is 15.1. The molecule has 112 valence electrons. The Morgan fingerprint density at radius 3 is 2.40 bits per heavy atom. The lowest BCUT2D eigenvalue weighted by Gasteiger charge is -2.28. The molecule has 1 N–H and O–H groups in total. The van der Waals surface area contributed by atoms with Gasteiger partial charge in [-0.05, 0) is 38.2 Å². The van der Waals surface area contributed by atoms with E-state index in [1.54, 1.807) is 0 Å². The molecular weight excluding hydrogens is 266 g/mol. The maximum Gasteiger partial charge on any atom is 0.102 e. The van der Waals surface area contributed by atoms with Gasteiger partial charge >= 0.3 is 0 Å². The predicted molar refractivity (Wildman–Crippen MR) is 88.8 cm³/mol. The summed E-state index contributed by atoms with van der Waals surface area (Å²) in [4.78, 5) is 0. The number of hydrogen-bond donors (Lipinski definition) is 1. The first-order valence-corrected chi connectivity index (χ1v) is 8.37. The van der Waals surface area contributed by atoms with Crippen LogP contribution in [0.4, 0.5) is 0 Å². The lowest BCUT2D eigenvalue weighted by molar-refractivity contribution is 0.469.